The Balaban J connectivity index is 1.65. The van der Waals surface area contributed by atoms with Crippen molar-refractivity contribution < 1.29 is 14.6 Å². The summed E-state index contributed by atoms with van der Waals surface area (Å²) in [6.07, 6.45) is 1.69. The van der Waals surface area contributed by atoms with Gasteiger partial charge in [0.2, 0.25) is 0 Å². The fraction of sp³-hybridized carbons (Fsp3) is 0.579. The monoisotopic (exact) mass is 347 g/mol. The number of benzene rings is 1. The molecule has 2 rings (SSSR count). The molecule has 6 nitrogen and oxygen atoms in total. The van der Waals surface area contributed by atoms with Gasteiger partial charge in [0, 0.05) is 25.0 Å². The lowest BCUT2D eigenvalue weighted by atomic mass is 10.0. The summed E-state index contributed by atoms with van der Waals surface area (Å²) in [4.78, 5) is 11.2. The predicted molar refractivity (Wildman–Crippen MR) is 97.8 cm³/mol. The number of hydrogen-bond acceptors (Lipinski definition) is 6. The van der Waals surface area contributed by atoms with Crippen LogP contribution in [0.15, 0.2) is 36.0 Å². The van der Waals surface area contributed by atoms with Gasteiger partial charge in [-0.3, -0.25) is 0 Å². The Kier molecular flexibility index (Phi) is 7.95. The van der Waals surface area contributed by atoms with Crippen LogP contribution in [0.25, 0.3) is 0 Å². The number of nitrogens with one attached hydrogen (secondary N) is 2. The molecule has 2 atom stereocenters. The highest BCUT2D eigenvalue weighted by Crippen LogP contribution is 2.17. The molecule has 0 aromatic heterocycles. The molecular weight excluding hydrogens is 318 g/mol. The largest absolute Gasteiger partial charge is 0.491 e. The third-order valence-electron chi connectivity index (χ3n) is 4.09. The first kappa shape index (κ1) is 19.5. The first-order chi connectivity index (χ1) is 12.1. The maximum Gasteiger partial charge on any atom is 0.147 e. The molecule has 25 heavy (non-hydrogen) atoms. The highest BCUT2D eigenvalue weighted by molar-refractivity contribution is 5.52. The molecule has 0 saturated carbocycles. The van der Waals surface area contributed by atoms with Crippen LogP contribution < -0.4 is 15.5 Å². The van der Waals surface area contributed by atoms with Crippen LogP contribution in [0.1, 0.15) is 33.1 Å². The smallest absolute Gasteiger partial charge is 0.147 e. The zero-order chi connectivity index (χ0) is 18.1. The van der Waals surface area contributed by atoms with E-state index in [2.05, 4.69) is 10.7 Å². The minimum Gasteiger partial charge on any atom is -0.491 e. The first-order valence-corrected chi connectivity index (χ1v) is 8.95. The second kappa shape index (κ2) is 10.2. The van der Waals surface area contributed by atoms with E-state index >= 15 is 0 Å². The van der Waals surface area contributed by atoms with E-state index in [9.17, 15) is 9.90 Å². The normalized spacial score (nSPS) is 19.0. The maximum atomic E-state index is 11.2. The molecule has 0 amide bonds. The van der Waals surface area contributed by atoms with Crippen molar-refractivity contribution in [2.24, 2.45) is 0 Å². The number of aliphatic hydroxyl groups is 1. The molecule has 0 spiro atoms. The number of ether oxygens (including phenoxy) is 1. The predicted octanol–water partition coefficient (Wildman–Crippen LogP) is 1.50. The van der Waals surface area contributed by atoms with Crippen LogP contribution >= 0.6 is 0 Å². The van der Waals surface area contributed by atoms with Crippen molar-refractivity contribution in [1.82, 2.24) is 15.8 Å². The van der Waals surface area contributed by atoms with Gasteiger partial charge < -0.3 is 20.2 Å². The average Bonchev–Trinajstić information content (AvgIpc) is 2.61. The fourth-order valence-corrected chi connectivity index (χ4v) is 2.84. The van der Waals surface area contributed by atoms with E-state index in [1.165, 1.54) is 0 Å². The van der Waals surface area contributed by atoms with Crippen molar-refractivity contribution in [3.05, 3.63) is 36.0 Å². The van der Waals surface area contributed by atoms with Crippen LogP contribution in [0.3, 0.4) is 0 Å². The van der Waals surface area contributed by atoms with Gasteiger partial charge in [-0.05, 0) is 45.4 Å². The second-order valence-electron chi connectivity index (χ2n) is 6.69. The second-order valence-corrected chi connectivity index (χ2v) is 6.69. The Morgan fingerprint density at radius 2 is 2.12 bits per heavy atom. The molecule has 1 saturated heterocycles. The molecule has 2 unspecified atom stereocenters. The van der Waals surface area contributed by atoms with Crippen molar-refractivity contribution in [1.29, 1.82) is 0 Å². The number of aliphatic hydroxyl groups excluding tert-OH is 1. The van der Waals surface area contributed by atoms with Gasteiger partial charge in [-0.15, -0.1) is 0 Å². The van der Waals surface area contributed by atoms with Gasteiger partial charge in [0.25, 0.3) is 0 Å². The Morgan fingerprint density at radius 1 is 1.36 bits per heavy atom. The molecular formula is C19H29N3O3. The molecule has 1 aromatic rings. The van der Waals surface area contributed by atoms with Crippen molar-refractivity contribution in [2.75, 3.05) is 19.7 Å². The molecule has 0 radical (unpaired) electrons. The third kappa shape index (κ3) is 6.88. The Bertz CT molecular complexity index is 558. The van der Waals surface area contributed by atoms with Crippen molar-refractivity contribution in [3.63, 3.8) is 0 Å². The number of carbonyl (C=O) groups excluding carboxylic acids is 1. The van der Waals surface area contributed by atoms with Crippen molar-refractivity contribution in [2.45, 2.75) is 51.3 Å². The zero-order valence-corrected chi connectivity index (χ0v) is 15.1. The van der Waals surface area contributed by atoms with Gasteiger partial charge in [-0.1, -0.05) is 18.2 Å². The quantitative estimate of drug-likeness (QED) is 0.588. The lowest BCUT2D eigenvalue weighted by molar-refractivity contribution is 0.0978. The lowest BCUT2D eigenvalue weighted by Gasteiger charge is -2.35. The summed E-state index contributed by atoms with van der Waals surface area (Å²) >= 11 is 0. The number of hydrogen-bond donors (Lipinski definition) is 3. The molecule has 6 heteroatoms. The molecule has 1 heterocycles. The Labute approximate surface area is 149 Å². The van der Waals surface area contributed by atoms with Gasteiger partial charge in [0.05, 0.1) is 6.10 Å². The topological polar surface area (TPSA) is 73.8 Å². The number of hydrazine groups is 1. The van der Waals surface area contributed by atoms with Gasteiger partial charge in [0.15, 0.2) is 0 Å². The van der Waals surface area contributed by atoms with E-state index in [1.54, 1.807) is 0 Å². The Hall–Kier alpha value is -1.85. The van der Waals surface area contributed by atoms with Gasteiger partial charge >= 0.3 is 0 Å². The van der Waals surface area contributed by atoms with Gasteiger partial charge in [-0.2, -0.15) is 0 Å². The summed E-state index contributed by atoms with van der Waals surface area (Å²) in [5, 5.41) is 15.3. The van der Waals surface area contributed by atoms with Crippen molar-refractivity contribution >= 4 is 5.94 Å². The summed E-state index contributed by atoms with van der Waals surface area (Å²) in [6.45, 7) is 5.84. The Morgan fingerprint density at radius 3 is 2.80 bits per heavy atom. The molecule has 138 valence electrons. The molecule has 1 aliphatic rings. The van der Waals surface area contributed by atoms with Crippen LogP contribution in [-0.2, 0) is 4.79 Å². The molecule has 1 aromatic carbocycles. The number of rotatable bonds is 9. The summed E-state index contributed by atoms with van der Waals surface area (Å²) in [7, 11) is 0. The van der Waals surface area contributed by atoms with Crippen LogP contribution in [0, 0.1) is 0 Å². The van der Waals surface area contributed by atoms with Gasteiger partial charge in [-0.25, -0.2) is 10.2 Å². The highest BCUT2D eigenvalue weighted by atomic mass is 16.5. The first-order valence-electron chi connectivity index (χ1n) is 8.95. The third-order valence-corrected chi connectivity index (χ3v) is 4.09. The van der Waals surface area contributed by atoms with E-state index in [0.717, 1.165) is 18.7 Å². The standard InChI is InChI=1S/C19H29N3O3/c1-15(2)21-22-11-9-16(12-17(22)13-23)20-10-8-18(24)14-25-19-6-4-3-5-7-19/h3-7,15-16,18,20-21,24H,8-12,14H2,1-2H3. The minimum atomic E-state index is -0.517. The van der Waals surface area contributed by atoms with E-state index in [0.29, 0.717) is 25.1 Å². The van der Waals surface area contributed by atoms with E-state index in [1.807, 2.05) is 55.1 Å². The highest BCUT2D eigenvalue weighted by Gasteiger charge is 2.24. The zero-order valence-electron chi connectivity index (χ0n) is 15.1. The van der Waals surface area contributed by atoms with Gasteiger partial charge in [0.1, 0.15) is 24.0 Å². The molecule has 1 aliphatic heterocycles. The van der Waals surface area contributed by atoms with E-state index in [4.69, 9.17) is 4.74 Å². The molecule has 0 aliphatic carbocycles. The van der Waals surface area contributed by atoms with Crippen LogP contribution in [0.5, 0.6) is 5.75 Å². The van der Waals surface area contributed by atoms with Crippen LogP contribution in [0.2, 0.25) is 0 Å². The molecule has 3 N–H and O–H groups in total. The maximum absolute atomic E-state index is 11.2. The molecule has 1 fully saturated rings. The summed E-state index contributed by atoms with van der Waals surface area (Å²) in [6, 6.07) is 10.0. The van der Waals surface area contributed by atoms with Crippen LogP contribution in [0.4, 0.5) is 0 Å². The summed E-state index contributed by atoms with van der Waals surface area (Å²) < 4.78 is 5.55. The number of piperidine rings is 1. The van der Waals surface area contributed by atoms with Crippen LogP contribution in [-0.4, -0.2) is 53.9 Å². The van der Waals surface area contributed by atoms with E-state index in [-0.39, 0.29) is 18.7 Å². The molecule has 0 bridgehead atoms. The minimum absolute atomic E-state index is 0.240. The number of para-hydroxylation sites is 1. The number of nitrogens with zero attached hydrogens (tertiary/aromatic N) is 1. The average molecular weight is 347 g/mol. The fourth-order valence-electron chi connectivity index (χ4n) is 2.84. The van der Waals surface area contributed by atoms with Crippen molar-refractivity contribution in [3.8, 4) is 5.75 Å². The SMILES string of the molecule is CC(C)NN1CCC(NCCC(O)COc2ccccc2)CC1=C=O. The lowest BCUT2D eigenvalue weighted by Crippen LogP contribution is -2.49. The van der Waals surface area contributed by atoms with E-state index < -0.39 is 6.10 Å². The summed E-state index contributed by atoms with van der Waals surface area (Å²) in [5.41, 5.74) is 3.92. The summed E-state index contributed by atoms with van der Waals surface area (Å²) in [5.74, 6) is 2.81.